The van der Waals surface area contributed by atoms with Crippen LogP contribution < -0.4 is 0 Å². The maximum absolute atomic E-state index is 11.2. The van der Waals surface area contributed by atoms with Gasteiger partial charge >= 0.3 is 5.97 Å². The Labute approximate surface area is 110 Å². The maximum Gasteiger partial charge on any atom is 0.311 e. The second-order valence-electron chi connectivity index (χ2n) is 4.48. The topological polar surface area (TPSA) is 29.5 Å². The quantitative estimate of drug-likeness (QED) is 0.802. The molecule has 0 atom stereocenters. The molecule has 1 heterocycles. The lowest BCUT2D eigenvalue weighted by molar-refractivity contribution is -0.151. The minimum atomic E-state index is -0.0891. The normalized spacial score (nSPS) is 16.6. The van der Waals surface area contributed by atoms with Crippen molar-refractivity contribution in [3.05, 3.63) is 33.8 Å². The van der Waals surface area contributed by atoms with Gasteiger partial charge < -0.3 is 4.74 Å². The largest absolute Gasteiger partial charge is 0.469 e. The highest BCUT2D eigenvalue weighted by Gasteiger charge is 2.33. The second-order valence-corrected chi connectivity index (χ2v) is 5.40. The first-order valence-corrected chi connectivity index (χ1v) is 6.44. The third-order valence-corrected chi connectivity index (χ3v) is 3.68. The summed E-state index contributed by atoms with van der Waals surface area (Å²) in [6, 6.07) is 6.30. The Bertz CT molecular complexity index is 427. The molecule has 0 spiro atoms. The fraction of sp³-hybridized carbons (Fsp3) is 0.462. The van der Waals surface area contributed by atoms with Crippen molar-refractivity contribution in [3.8, 4) is 0 Å². The number of rotatable bonds is 3. The molecule has 0 saturated carbocycles. The number of ether oxygens (including phenoxy) is 1. The van der Waals surface area contributed by atoms with Gasteiger partial charge in [-0.05, 0) is 30.2 Å². The first-order chi connectivity index (χ1) is 8.10. The molecule has 1 aromatic rings. The van der Waals surface area contributed by atoms with Crippen molar-refractivity contribution in [3.63, 3.8) is 0 Å². The number of esters is 1. The van der Waals surface area contributed by atoms with Crippen molar-refractivity contribution in [2.75, 3.05) is 20.2 Å². The monoisotopic (exact) mass is 297 g/mol. The summed E-state index contributed by atoms with van der Waals surface area (Å²) in [5.74, 6) is -0.0236. The van der Waals surface area contributed by atoms with Gasteiger partial charge in [-0.1, -0.05) is 22.0 Å². The van der Waals surface area contributed by atoms with Crippen LogP contribution in [0.4, 0.5) is 0 Å². The van der Waals surface area contributed by atoms with Crippen molar-refractivity contribution >= 4 is 21.9 Å². The zero-order chi connectivity index (χ0) is 12.4. The Morgan fingerprint density at radius 2 is 2.24 bits per heavy atom. The summed E-state index contributed by atoms with van der Waals surface area (Å²) in [6.07, 6.45) is 0. The van der Waals surface area contributed by atoms with E-state index in [1.54, 1.807) is 0 Å². The van der Waals surface area contributed by atoms with Gasteiger partial charge in [0.25, 0.3) is 0 Å². The van der Waals surface area contributed by atoms with Crippen molar-refractivity contribution in [2.24, 2.45) is 5.92 Å². The van der Waals surface area contributed by atoms with Gasteiger partial charge in [0.15, 0.2) is 0 Å². The molecule has 3 nitrogen and oxygen atoms in total. The molecule has 0 aromatic heterocycles. The van der Waals surface area contributed by atoms with Crippen LogP contribution in [0, 0.1) is 12.8 Å². The van der Waals surface area contributed by atoms with E-state index in [2.05, 4.69) is 46.0 Å². The Kier molecular flexibility index (Phi) is 3.84. The zero-order valence-corrected chi connectivity index (χ0v) is 11.7. The first kappa shape index (κ1) is 12.6. The van der Waals surface area contributed by atoms with Gasteiger partial charge in [0.2, 0.25) is 0 Å². The number of aryl methyl sites for hydroxylation is 1. The Hall–Kier alpha value is -0.870. The number of methoxy groups -OCH3 is 1. The summed E-state index contributed by atoms with van der Waals surface area (Å²) in [7, 11) is 1.45. The van der Waals surface area contributed by atoms with Crippen LogP contribution in [0.25, 0.3) is 0 Å². The van der Waals surface area contributed by atoms with E-state index in [0.717, 1.165) is 24.1 Å². The van der Waals surface area contributed by atoms with E-state index in [-0.39, 0.29) is 11.9 Å². The van der Waals surface area contributed by atoms with Crippen LogP contribution in [-0.4, -0.2) is 31.1 Å². The smallest absolute Gasteiger partial charge is 0.311 e. The molecule has 17 heavy (non-hydrogen) atoms. The van der Waals surface area contributed by atoms with Crippen LogP contribution in [-0.2, 0) is 16.1 Å². The van der Waals surface area contributed by atoms with Crippen LogP contribution in [0.15, 0.2) is 22.7 Å². The number of carbonyl (C=O) groups excluding carboxylic acids is 1. The molecule has 1 fully saturated rings. The predicted octanol–water partition coefficient (Wildman–Crippen LogP) is 2.36. The summed E-state index contributed by atoms with van der Waals surface area (Å²) in [4.78, 5) is 13.5. The molecule has 0 amide bonds. The summed E-state index contributed by atoms with van der Waals surface area (Å²) in [5, 5.41) is 0. The molecule has 0 N–H and O–H groups in total. The average Bonchev–Trinajstić information content (AvgIpc) is 2.24. The Morgan fingerprint density at radius 3 is 2.82 bits per heavy atom. The third kappa shape index (κ3) is 2.87. The van der Waals surface area contributed by atoms with E-state index >= 15 is 0 Å². The average molecular weight is 298 g/mol. The van der Waals surface area contributed by atoms with Gasteiger partial charge in [-0.25, -0.2) is 0 Å². The fourth-order valence-electron chi connectivity index (χ4n) is 2.09. The number of halogens is 1. The van der Waals surface area contributed by atoms with Crippen molar-refractivity contribution in [1.82, 2.24) is 4.90 Å². The number of likely N-dealkylation sites (tertiary alicyclic amines) is 1. The number of nitrogens with zero attached hydrogens (tertiary/aromatic N) is 1. The lowest BCUT2D eigenvalue weighted by atomic mass is 9.98. The molecule has 1 aliphatic heterocycles. The van der Waals surface area contributed by atoms with Crippen LogP contribution in [0.1, 0.15) is 11.1 Å². The summed E-state index contributed by atoms with van der Waals surface area (Å²) in [6.45, 7) is 4.63. The van der Waals surface area contributed by atoms with Crippen molar-refractivity contribution in [2.45, 2.75) is 13.5 Å². The Balaban J connectivity index is 1.90. The molecular weight excluding hydrogens is 282 g/mol. The molecular formula is C13H16BrNO2. The molecule has 92 valence electrons. The highest BCUT2D eigenvalue weighted by atomic mass is 79.9. The number of benzene rings is 1. The molecule has 1 aliphatic rings. The molecule has 1 aromatic carbocycles. The van der Waals surface area contributed by atoms with Crippen LogP contribution >= 0.6 is 15.9 Å². The standard InChI is InChI=1S/C13H16BrNO2/c1-9-5-12(14)4-3-10(9)6-15-7-11(8-15)13(16)17-2/h3-5,11H,6-8H2,1-2H3. The van der Waals surface area contributed by atoms with Gasteiger partial charge in [0, 0.05) is 24.1 Å². The lowest BCUT2D eigenvalue weighted by Crippen LogP contribution is -2.50. The third-order valence-electron chi connectivity index (χ3n) is 3.19. The van der Waals surface area contributed by atoms with E-state index < -0.39 is 0 Å². The molecule has 1 saturated heterocycles. The molecule has 0 aliphatic carbocycles. The highest BCUT2D eigenvalue weighted by molar-refractivity contribution is 9.10. The van der Waals surface area contributed by atoms with E-state index in [1.165, 1.54) is 18.2 Å². The van der Waals surface area contributed by atoms with Gasteiger partial charge in [-0.2, -0.15) is 0 Å². The summed E-state index contributed by atoms with van der Waals surface area (Å²) >= 11 is 3.46. The van der Waals surface area contributed by atoms with Gasteiger partial charge in [-0.3, -0.25) is 9.69 Å². The van der Waals surface area contributed by atoms with Crippen molar-refractivity contribution < 1.29 is 9.53 Å². The lowest BCUT2D eigenvalue weighted by Gasteiger charge is -2.37. The highest BCUT2D eigenvalue weighted by Crippen LogP contribution is 2.22. The summed E-state index contributed by atoms with van der Waals surface area (Å²) in [5.41, 5.74) is 2.59. The van der Waals surface area contributed by atoms with Gasteiger partial charge in [0.1, 0.15) is 0 Å². The first-order valence-electron chi connectivity index (χ1n) is 5.65. The molecule has 4 heteroatoms. The molecule has 0 unspecified atom stereocenters. The Morgan fingerprint density at radius 1 is 1.53 bits per heavy atom. The van der Waals surface area contributed by atoms with Gasteiger partial charge in [0.05, 0.1) is 13.0 Å². The second kappa shape index (κ2) is 5.19. The number of hydrogen-bond acceptors (Lipinski definition) is 3. The molecule has 2 rings (SSSR count). The van der Waals surface area contributed by atoms with Crippen LogP contribution in [0.5, 0.6) is 0 Å². The molecule has 0 bridgehead atoms. The summed E-state index contributed by atoms with van der Waals surface area (Å²) < 4.78 is 5.83. The number of carbonyl (C=O) groups is 1. The van der Waals surface area contributed by atoms with Crippen LogP contribution in [0.2, 0.25) is 0 Å². The van der Waals surface area contributed by atoms with E-state index in [1.807, 2.05) is 0 Å². The fourth-order valence-corrected chi connectivity index (χ4v) is 2.57. The zero-order valence-electron chi connectivity index (χ0n) is 10.1. The maximum atomic E-state index is 11.2. The van der Waals surface area contributed by atoms with E-state index in [0.29, 0.717) is 0 Å². The molecule has 0 radical (unpaired) electrons. The van der Waals surface area contributed by atoms with Crippen LogP contribution in [0.3, 0.4) is 0 Å². The number of hydrogen-bond donors (Lipinski definition) is 0. The van der Waals surface area contributed by atoms with E-state index in [9.17, 15) is 4.79 Å². The minimum absolute atomic E-state index is 0.0655. The van der Waals surface area contributed by atoms with Gasteiger partial charge in [-0.15, -0.1) is 0 Å². The van der Waals surface area contributed by atoms with Crippen molar-refractivity contribution in [1.29, 1.82) is 0 Å². The SMILES string of the molecule is COC(=O)C1CN(Cc2ccc(Br)cc2C)C1. The minimum Gasteiger partial charge on any atom is -0.469 e. The predicted molar refractivity (Wildman–Crippen MR) is 69.7 cm³/mol. The van der Waals surface area contributed by atoms with E-state index in [4.69, 9.17) is 4.74 Å².